The van der Waals surface area contributed by atoms with Gasteiger partial charge >= 0.3 is 0 Å². The Hall–Kier alpha value is -3.67. The lowest BCUT2D eigenvalue weighted by Gasteiger charge is -2.31. The average Bonchev–Trinajstić information content (AvgIpc) is 2.89. The van der Waals surface area contributed by atoms with Crippen molar-refractivity contribution in [2.45, 2.75) is 46.2 Å². The lowest BCUT2D eigenvalue weighted by atomic mass is 10.0. The van der Waals surface area contributed by atoms with Crippen molar-refractivity contribution < 1.29 is 18.7 Å². The number of nitrogens with one attached hydrogen (secondary N) is 1. The Bertz CT molecular complexity index is 1120. The summed E-state index contributed by atoms with van der Waals surface area (Å²) in [6.07, 6.45) is 1.21. The van der Waals surface area contributed by atoms with Crippen LogP contribution in [0.25, 0.3) is 0 Å². The van der Waals surface area contributed by atoms with Gasteiger partial charge in [0, 0.05) is 25.1 Å². The maximum absolute atomic E-state index is 14.6. The number of nitrogens with zero attached hydrogens (tertiary/aromatic N) is 1. The molecule has 0 spiro atoms. The SMILES string of the molecule is CCc1ccc(OCC(=O)N(Cc2ccccc2F)C(Cc2ccccc2)C(=O)NCC(C)C)cc1. The predicted octanol–water partition coefficient (Wildman–Crippen LogP) is 5.18. The summed E-state index contributed by atoms with van der Waals surface area (Å²) in [5.74, 6) is -0.276. The van der Waals surface area contributed by atoms with E-state index in [-0.39, 0.29) is 25.0 Å². The van der Waals surface area contributed by atoms with Crippen LogP contribution in [-0.4, -0.2) is 35.9 Å². The minimum Gasteiger partial charge on any atom is -0.484 e. The highest BCUT2D eigenvalue weighted by Crippen LogP contribution is 2.18. The minimum atomic E-state index is -0.829. The van der Waals surface area contributed by atoms with Gasteiger partial charge in [-0.1, -0.05) is 81.4 Å². The standard InChI is InChI=1S/C30H35FN2O3/c1-4-23-14-16-26(17-15-23)36-21-29(34)33(20-25-12-8-9-13-27(25)31)28(30(35)32-19-22(2)3)18-24-10-6-5-7-11-24/h5-17,22,28H,4,18-21H2,1-3H3,(H,32,35). The first-order valence-electron chi connectivity index (χ1n) is 12.4. The van der Waals surface area contributed by atoms with E-state index in [1.54, 1.807) is 18.2 Å². The van der Waals surface area contributed by atoms with Gasteiger partial charge < -0.3 is 15.0 Å². The maximum Gasteiger partial charge on any atom is 0.261 e. The molecule has 3 aromatic rings. The van der Waals surface area contributed by atoms with Crippen LogP contribution < -0.4 is 10.1 Å². The van der Waals surface area contributed by atoms with Gasteiger partial charge in [0.15, 0.2) is 6.61 Å². The fourth-order valence-electron chi connectivity index (χ4n) is 3.84. The molecule has 0 radical (unpaired) electrons. The number of ether oxygens (including phenoxy) is 1. The molecule has 0 saturated heterocycles. The van der Waals surface area contributed by atoms with E-state index >= 15 is 0 Å². The number of aryl methyl sites for hydroxylation is 1. The molecule has 3 aromatic carbocycles. The van der Waals surface area contributed by atoms with Crippen molar-refractivity contribution in [1.82, 2.24) is 10.2 Å². The van der Waals surface area contributed by atoms with Crippen molar-refractivity contribution in [1.29, 1.82) is 0 Å². The zero-order valence-electron chi connectivity index (χ0n) is 21.2. The molecule has 0 aromatic heterocycles. The summed E-state index contributed by atoms with van der Waals surface area (Å²) in [6, 6.07) is 22.6. The molecule has 0 fully saturated rings. The minimum absolute atomic E-state index is 0.0454. The van der Waals surface area contributed by atoms with Gasteiger partial charge in [-0.25, -0.2) is 4.39 Å². The number of amides is 2. The van der Waals surface area contributed by atoms with Crippen LogP contribution in [0.2, 0.25) is 0 Å². The van der Waals surface area contributed by atoms with Gasteiger partial charge in [0.2, 0.25) is 5.91 Å². The summed E-state index contributed by atoms with van der Waals surface area (Å²) in [6.45, 7) is 6.25. The molecule has 5 nitrogen and oxygen atoms in total. The Morgan fingerprint density at radius 2 is 1.58 bits per heavy atom. The number of carbonyl (C=O) groups is 2. The van der Waals surface area contributed by atoms with Crippen LogP contribution >= 0.6 is 0 Å². The van der Waals surface area contributed by atoms with E-state index in [0.717, 1.165) is 12.0 Å². The van der Waals surface area contributed by atoms with E-state index in [0.29, 0.717) is 24.3 Å². The first-order chi connectivity index (χ1) is 17.4. The quantitative estimate of drug-likeness (QED) is 0.381. The molecule has 3 rings (SSSR count). The van der Waals surface area contributed by atoms with Crippen molar-refractivity contribution in [3.63, 3.8) is 0 Å². The highest BCUT2D eigenvalue weighted by Gasteiger charge is 2.31. The molecule has 2 amide bonds. The predicted molar refractivity (Wildman–Crippen MR) is 140 cm³/mol. The Labute approximate surface area is 213 Å². The molecule has 0 aliphatic heterocycles. The molecular weight excluding hydrogens is 455 g/mol. The molecule has 1 N–H and O–H groups in total. The lowest BCUT2D eigenvalue weighted by molar-refractivity contribution is -0.142. The van der Waals surface area contributed by atoms with Crippen LogP contribution in [0.3, 0.4) is 0 Å². The van der Waals surface area contributed by atoms with Crippen LogP contribution in [0.4, 0.5) is 4.39 Å². The Morgan fingerprint density at radius 3 is 2.22 bits per heavy atom. The first kappa shape index (κ1) is 26.9. The second-order valence-corrected chi connectivity index (χ2v) is 9.24. The second-order valence-electron chi connectivity index (χ2n) is 9.24. The van der Waals surface area contributed by atoms with E-state index < -0.39 is 17.8 Å². The molecule has 0 heterocycles. The topological polar surface area (TPSA) is 58.6 Å². The van der Waals surface area contributed by atoms with Crippen molar-refractivity contribution in [2.24, 2.45) is 5.92 Å². The van der Waals surface area contributed by atoms with Crippen molar-refractivity contribution in [2.75, 3.05) is 13.2 Å². The van der Waals surface area contributed by atoms with Crippen LogP contribution in [0.1, 0.15) is 37.5 Å². The Balaban J connectivity index is 1.89. The van der Waals surface area contributed by atoms with E-state index in [9.17, 15) is 14.0 Å². The number of hydrogen-bond acceptors (Lipinski definition) is 3. The molecule has 36 heavy (non-hydrogen) atoms. The zero-order chi connectivity index (χ0) is 25.9. The average molecular weight is 491 g/mol. The monoisotopic (exact) mass is 490 g/mol. The second kappa shape index (κ2) is 13.4. The molecule has 0 bridgehead atoms. The molecule has 0 saturated carbocycles. The molecule has 0 aliphatic carbocycles. The van der Waals surface area contributed by atoms with Crippen LogP contribution in [-0.2, 0) is 29.0 Å². The number of benzene rings is 3. The highest BCUT2D eigenvalue weighted by atomic mass is 19.1. The summed E-state index contributed by atoms with van der Waals surface area (Å²) in [5.41, 5.74) is 2.41. The van der Waals surface area contributed by atoms with Crippen molar-refractivity contribution >= 4 is 11.8 Å². The van der Waals surface area contributed by atoms with Gasteiger partial charge in [-0.15, -0.1) is 0 Å². The molecule has 1 atom stereocenters. The van der Waals surface area contributed by atoms with Gasteiger partial charge in [-0.3, -0.25) is 9.59 Å². The third-order valence-corrected chi connectivity index (χ3v) is 5.95. The van der Waals surface area contributed by atoms with Gasteiger partial charge in [0.25, 0.3) is 5.91 Å². The third-order valence-electron chi connectivity index (χ3n) is 5.95. The summed E-state index contributed by atoms with van der Waals surface area (Å²) in [4.78, 5) is 28.3. The number of hydrogen-bond donors (Lipinski definition) is 1. The third kappa shape index (κ3) is 7.94. The Kier molecular flexibility index (Phi) is 10.0. The Morgan fingerprint density at radius 1 is 0.917 bits per heavy atom. The highest BCUT2D eigenvalue weighted by molar-refractivity contribution is 5.88. The number of carbonyl (C=O) groups excluding carboxylic acids is 2. The summed E-state index contributed by atoms with van der Waals surface area (Å²) in [5, 5.41) is 2.96. The largest absolute Gasteiger partial charge is 0.484 e. The van der Waals surface area contributed by atoms with Gasteiger partial charge in [-0.05, 0) is 41.7 Å². The molecule has 0 aliphatic rings. The van der Waals surface area contributed by atoms with E-state index in [4.69, 9.17) is 4.74 Å². The summed E-state index contributed by atoms with van der Waals surface area (Å²) >= 11 is 0. The van der Waals surface area contributed by atoms with Crippen molar-refractivity contribution in [3.05, 3.63) is 101 Å². The van der Waals surface area contributed by atoms with Crippen molar-refractivity contribution in [3.8, 4) is 5.75 Å². The molecule has 6 heteroatoms. The number of rotatable bonds is 12. The van der Waals surface area contributed by atoms with Gasteiger partial charge in [-0.2, -0.15) is 0 Å². The van der Waals surface area contributed by atoms with E-state index in [2.05, 4.69) is 12.2 Å². The fourth-order valence-corrected chi connectivity index (χ4v) is 3.84. The zero-order valence-corrected chi connectivity index (χ0v) is 21.2. The normalized spacial score (nSPS) is 11.7. The smallest absolute Gasteiger partial charge is 0.261 e. The van der Waals surface area contributed by atoms with Crippen LogP contribution in [0.15, 0.2) is 78.9 Å². The molecule has 190 valence electrons. The fraction of sp³-hybridized carbons (Fsp3) is 0.333. The van der Waals surface area contributed by atoms with E-state index in [1.165, 1.54) is 16.5 Å². The summed E-state index contributed by atoms with van der Waals surface area (Å²) < 4.78 is 20.4. The maximum atomic E-state index is 14.6. The first-order valence-corrected chi connectivity index (χ1v) is 12.4. The van der Waals surface area contributed by atoms with Gasteiger partial charge in [0.05, 0.1) is 0 Å². The number of halogens is 1. The summed E-state index contributed by atoms with van der Waals surface area (Å²) in [7, 11) is 0. The van der Waals surface area contributed by atoms with Crippen LogP contribution in [0.5, 0.6) is 5.75 Å². The lowest BCUT2D eigenvalue weighted by Crippen LogP contribution is -2.52. The van der Waals surface area contributed by atoms with Crippen LogP contribution in [0, 0.1) is 11.7 Å². The van der Waals surface area contributed by atoms with E-state index in [1.807, 2.05) is 68.4 Å². The van der Waals surface area contributed by atoms with Gasteiger partial charge in [0.1, 0.15) is 17.6 Å². The molecular formula is C30H35FN2O3. The molecule has 1 unspecified atom stereocenters.